The Morgan fingerprint density at radius 1 is 1.26 bits per heavy atom. The Kier molecular flexibility index (Phi) is 5.28. The fourth-order valence-corrected chi connectivity index (χ4v) is 3.86. The summed E-state index contributed by atoms with van der Waals surface area (Å²) in [6, 6.07) is 10.7. The molecule has 1 aromatic heterocycles. The summed E-state index contributed by atoms with van der Waals surface area (Å²) in [5.74, 6) is 0.0306. The molecule has 0 aliphatic heterocycles. The van der Waals surface area contributed by atoms with Crippen LogP contribution in [-0.4, -0.2) is 23.5 Å². The van der Waals surface area contributed by atoms with E-state index in [1.807, 2.05) is 25.1 Å². The summed E-state index contributed by atoms with van der Waals surface area (Å²) in [7, 11) is 0. The largest absolute Gasteiger partial charge is 0.361 e. The van der Waals surface area contributed by atoms with Gasteiger partial charge in [-0.3, -0.25) is 4.79 Å². The minimum atomic E-state index is 0.0306. The molecule has 2 aromatic rings. The summed E-state index contributed by atoms with van der Waals surface area (Å²) in [6.45, 7) is 2.73. The van der Waals surface area contributed by atoms with Crippen LogP contribution in [0.1, 0.15) is 46.6 Å². The number of thiazole rings is 1. The minimum Gasteiger partial charge on any atom is -0.361 e. The van der Waals surface area contributed by atoms with E-state index < -0.39 is 0 Å². The predicted molar refractivity (Wildman–Crippen MR) is 95.2 cm³/mol. The van der Waals surface area contributed by atoms with Crippen LogP contribution in [-0.2, 0) is 6.42 Å². The third-order valence-corrected chi connectivity index (χ3v) is 5.34. The van der Waals surface area contributed by atoms with E-state index in [1.54, 1.807) is 0 Å². The van der Waals surface area contributed by atoms with Gasteiger partial charge in [-0.1, -0.05) is 54.5 Å². The first-order chi connectivity index (χ1) is 11.2. The topological polar surface area (TPSA) is 54.0 Å². The molecule has 0 spiro atoms. The van der Waals surface area contributed by atoms with Crippen molar-refractivity contribution in [3.63, 3.8) is 0 Å². The standard InChI is InChI=1S/C18H23N3OS/c1-13-16(17(22)21-15-9-5-6-10-15)23-18(20-13)19-12-11-14-7-3-2-4-8-14/h2-4,7-8,15H,5-6,9-12H2,1H3,(H,19,20)(H,21,22). The molecule has 122 valence electrons. The first-order valence-corrected chi connectivity index (χ1v) is 9.10. The van der Waals surface area contributed by atoms with Gasteiger partial charge in [0.25, 0.3) is 5.91 Å². The van der Waals surface area contributed by atoms with Gasteiger partial charge in [0.1, 0.15) is 4.88 Å². The number of nitrogens with one attached hydrogen (secondary N) is 2. The number of hydrogen-bond acceptors (Lipinski definition) is 4. The second-order valence-electron chi connectivity index (χ2n) is 6.05. The van der Waals surface area contributed by atoms with Gasteiger partial charge in [-0.2, -0.15) is 0 Å². The Balaban J connectivity index is 1.54. The lowest BCUT2D eigenvalue weighted by Gasteiger charge is -2.10. The highest BCUT2D eigenvalue weighted by atomic mass is 32.1. The van der Waals surface area contributed by atoms with Crippen LogP contribution < -0.4 is 10.6 Å². The van der Waals surface area contributed by atoms with Crippen molar-refractivity contribution in [2.24, 2.45) is 0 Å². The molecule has 1 aliphatic rings. The predicted octanol–water partition coefficient (Wildman–Crippen LogP) is 3.78. The van der Waals surface area contributed by atoms with Crippen LogP contribution in [0.3, 0.4) is 0 Å². The maximum atomic E-state index is 12.4. The van der Waals surface area contributed by atoms with Gasteiger partial charge in [0.05, 0.1) is 5.69 Å². The number of nitrogens with zero attached hydrogens (tertiary/aromatic N) is 1. The molecule has 23 heavy (non-hydrogen) atoms. The van der Waals surface area contributed by atoms with Crippen molar-refractivity contribution >= 4 is 22.4 Å². The Labute approximate surface area is 141 Å². The summed E-state index contributed by atoms with van der Waals surface area (Å²) >= 11 is 1.45. The Morgan fingerprint density at radius 3 is 2.74 bits per heavy atom. The highest BCUT2D eigenvalue weighted by Crippen LogP contribution is 2.24. The lowest BCUT2D eigenvalue weighted by atomic mass is 10.2. The van der Waals surface area contributed by atoms with Crippen molar-refractivity contribution < 1.29 is 4.79 Å². The number of amides is 1. The van der Waals surface area contributed by atoms with E-state index in [1.165, 1.54) is 29.7 Å². The third kappa shape index (κ3) is 4.32. The molecule has 1 aromatic carbocycles. The molecular weight excluding hydrogens is 306 g/mol. The van der Waals surface area contributed by atoms with E-state index in [0.717, 1.165) is 41.5 Å². The highest BCUT2D eigenvalue weighted by molar-refractivity contribution is 7.17. The van der Waals surface area contributed by atoms with Crippen molar-refractivity contribution in [3.05, 3.63) is 46.5 Å². The van der Waals surface area contributed by atoms with Crippen molar-refractivity contribution in [3.8, 4) is 0 Å². The van der Waals surface area contributed by atoms with E-state index in [-0.39, 0.29) is 5.91 Å². The molecule has 0 unspecified atom stereocenters. The molecule has 1 heterocycles. The van der Waals surface area contributed by atoms with Gasteiger partial charge in [-0.05, 0) is 31.7 Å². The minimum absolute atomic E-state index is 0.0306. The second kappa shape index (κ2) is 7.59. The van der Waals surface area contributed by atoms with Crippen LogP contribution in [0.25, 0.3) is 0 Å². The maximum absolute atomic E-state index is 12.4. The van der Waals surface area contributed by atoms with Crippen molar-refractivity contribution in [1.82, 2.24) is 10.3 Å². The molecule has 0 atom stereocenters. The number of anilines is 1. The van der Waals surface area contributed by atoms with Crippen LogP contribution in [0, 0.1) is 6.92 Å². The number of benzene rings is 1. The smallest absolute Gasteiger partial charge is 0.263 e. The molecule has 3 rings (SSSR count). The lowest BCUT2D eigenvalue weighted by molar-refractivity contribution is 0.0941. The number of rotatable bonds is 6. The molecule has 4 nitrogen and oxygen atoms in total. The summed E-state index contributed by atoms with van der Waals surface area (Å²) in [5, 5.41) is 7.29. The van der Waals surface area contributed by atoms with Crippen molar-refractivity contribution in [2.75, 3.05) is 11.9 Å². The molecular formula is C18H23N3OS. The molecule has 2 N–H and O–H groups in total. The van der Waals surface area contributed by atoms with Gasteiger partial charge >= 0.3 is 0 Å². The molecule has 0 saturated heterocycles. The first kappa shape index (κ1) is 16.0. The zero-order valence-corrected chi connectivity index (χ0v) is 14.3. The van der Waals surface area contributed by atoms with Gasteiger partial charge in [-0.25, -0.2) is 4.98 Å². The van der Waals surface area contributed by atoms with Gasteiger partial charge in [-0.15, -0.1) is 0 Å². The summed E-state index contributed by atoms with van der Waals surface area (Å²) in [4.78, 5) is 17.6. The van der Waals surface area contributed by atoms with E-state index in [9.17, 15) is 4.79 Å². The SMILES string of the molecule is Cc1nc(NCCc2ccccc2)sc1C(=O)NC1CCCC1. The number of carbonyl (C=O) groups is 1. The Hall–Kier alpha value is -1.88. The van der Waals surface area contributed by atoms with Crippen LogP contribution in [0.5, 0.6) is 0 Å². The maximum Gasteiger partial charge on any atom is 0.263 e. The van der Waals surface area contributed by atoms with Crippen LogP contribution in [0.2, 0.25) is 0 Å². The number of hydrogen-bond donors (Lipinski definition) is 2. The molecule has 1 amide bonds. The van der Waals surface area contributed by atoms with Crippen molar-refractivity contribution in [1.29, 1.82) is 0 Å². The second-order valence-corrected chi connectivity index (χ2v) is 7.05. The highest BCUT2D eigenvalue weighted by Gasteiger charge is 2.21. The average molecular weight is 329 g/mol. The zero-order valence-electron chi connectivity index (χ0n) is 13.5. The Bertz CT molecular complexity index is 648. The molecule has 0 radical (unpaired) electrons. The quantitative estimate of drug-likeness (QED) is 0.848. The number of aryl methyl sites for hydroxylation is 1. The lowest BCUT2D eigenvalue weighted by Crippen LogP contribution is -2.32. The summed E-state index contributed by atoms with van der Waals surface area (Å²) < 4.78 is 0. The third-order valence-electron chi connectivity index (χ3n) is 4.23. The van der Waals surface area contributed by atoms with Crippen molar-refractivity contribution in [2.45, 2.75) is 45.1 Å². The number of carbonyl (C=O) groups excluding carboxylic acids is 1. The molecule has 1 saturated carbocycles. The fraction of sp³-hybridized carbons (Fsp3) is 0.444. The summed E-state index contributed by atoms with van der Waals surface area (Å²) in [5.41, 5.74) is 2.11. The number of aromatic nitrogens is 1. The molecule has 0 bridgehead atoms. The van der Waals surface area contributed by atoms with Gasteiger partial charge < -0.3 is 10.6 Å². The Morgan fingerprint density at radius 2 is 2.00 bits per heavy atom. The molecule has 1 fully saturated rings. The van der Waals surface area contributed by atoms with Crippen LogP contribution >= 0.6 is 11.3 Å². The molecule has 5 heteroatoms. The first-order valence-electron chi connectivity index (χ1n) is 8.28. The van der Waals surface area contributed by atoms with E-state index in [0.29, 0.717) is 6.04 Å². The molecule has 1 aliphatic carbocycles. The van der Waals surface area contributed by atoms with Gasteiger partial charge in [0.2, 0.25) is 0 Å². The van der Waals surface area contributed by atoms with Crippen LogP contribution in [0.4, 0.5) is 5.13 Å². The monoisotopic (exact) mass is 329 g/mol. The normalized spacial score (nSPS) is 14.8. The zero-order chi connectivity index (χ0) is 16.1. The van der Waals surface area contributed by atoms with Gasteiger partial charge in [0, 0.05) is 12.6 Å². The van der Waals surface area contributed by atoms with Crippen LogP contribution in [0.15, 0.2) is 30.3 Å². The van der Waals surface area contributed by atoms with Gasteiger partial charge in [0.15, 0.2) is 5.13 Å². The average Bonchev–Trinajstić information content (AvgIpc) is 3.18. The summed E-state index contributed by atoms with van der Waals surface area (Å²) in [6.07, 6.45) is 5.60. The van der Waals surface area contributed by atoms with E-state index >= 15 is 0 Å². The van der Waals surface area contributed by atoms with E-state index in [4.69, 9.17) is 0 Å². The fourth-order valence-electron chi connectivity index (χ4n) is 2.96. The van der Waals surface area contributed by atoms with E-state index in [2.05, 4.69) is 27.8 Å².